The van der Waals surface area contributed by atoms with Gasteiger partial charge in [-0.15, -0.1) is 11.3 Å². The van der Waals surface area contributed by atoms with E-state index in [1.165, 1.54) is 60.6 Å². The first-order valence-electron chi connectivity index (χ1n) is 8.22. The molecule has 3 heteroatoms. The number of hydrogen-bond donors (Lipinski definition) is 1. The summed E-state index contributed by atoms with van der Waals surface area (Å²) in [4.78, 5) is 6.16. The summed E-state index contributed by atoms with van der Waals surface area (Å²) in [7, 11) is 0. The summed E-state index contributed by atoms with van der Waals surface area (Å²) < 4.78 is 0. The van der Waals surface area contributed by atoms with Crippen LogP contribution in [0.2, 0.25) is 0 Å². The zero-order valence-corrected chi connectivity index (χ0v) is 14.4. The minimum absolute atomic E-state index is 0.600. The van der Waals surface area contributed by atoms with Gasteiger partial charge < -0.3 is 5.32 Å². The first kappa shape index (κ1) is 16.0. The van der Waals surface area contributed by atoms with Crippen LogP contribution in [0.4, 0.5) is 0 Å². The predicted octanol–water partition coefficient (Wildman–Crippen LogP) is 4.50. The maximum absolute atomic E-state index is 4.76. The van der Waals surface area contributed by atoms with E-state index in [2.05, 4.69) is 33.0 Å². The number of thiazole rings is 1. The van der Waals surface area contributed by atoms with E-state index in [0.29, 0.717) is 6.04 Å². The summed E-state index contributed by atoms with van der Waals surface area (Å²) >= 11 is 1.91. The Labute approximate surface area is 128 Å². The third-order valence-electron chi connectivity index (χ3n) is 4.61. The molecular weight excluding hydrogens is 264 g/mol. The third kappa shape index (κ3) is 4.56. The maximum Gasteiger partial charge on any atom is 0.0933 e. The average Bonchev–Trinajstić information content (AvgIpc) is 2.60. The summed E-state index contributed by atoms with van der Waals surface area (Å²) in [5.74, 6) is 1.66. The van der Waals surface area contributed by atoms with Gasteiger partial charge in [-0.1, -0.05) is 33.1 Å². The van der Waals surface area contributed by atoms with Gasteiger partial charge in [-0.3, -0.25) is 0 Å². The molecule has 0 bridgehead atoms. The minimum Gasteiger partial charge on any atom is -0.314 e. The third-order valence-corrected chi connectivity index (χ3v) is 5.71. The van der Waals surface area contributed by atoms with Gasteiger partial charge in [0.1, 0.15) is 0 Å². The summed E-state index contributed by atoms with van der Waals surface area (Å²) in [6.07, 6.45) is 8.23. The van der Waals surface area contributed by atoms with Crippen LogP contribution in [-0.4, -0.2) is 17.6 Å². The molecule has 1 aromatic heterocycles. The Balaban J connectivity index is 2.00. The van der Waals surface area contributed by atoms with Gasteiger partial charge in [0.05, 0.1) is 10.7 Å². The molecule has 0 aliphatic heterocycles. The van der Waals surface area contributed by atoms with Gasteiger partial charge in [-0.25, -0.2) is 4.98 Å². The molecule has 0 saturated heterocycles. The minimum atomic E-state index is 0.600. The second-order valence-electron chi connectivity index (χ2n) is 6.67. The molecule has 114 valence electrons. The van der Waals surface area contributed by atoms with E-state index in [9.17, 15) is 0 Å². The standard InChI is InChI=1S/C17H30N2S/c1-12(2)18-11-16-9-7-5-6-8-15(16)10-17-19-13(3)14(4)20-17/h12,15-16,18H,5-11H2,1-4H3. The highest BCUT2D eigenvalue weighted by Gasteiger charge is 2.25. The molecule has 1 aromatic rings. The molecule has 1 saturated carbocycles. The van der Waals surface area contributed by atoms with Gasteiger partial charge in [-0.05, 0) is 45.1 Å². The lowest BCUT2D eigenvalue weighted by atomic mass is 9.85. The zero-order chi connectivity index (χ0) is 14.5. The molecule has 0 spiro atoms. The summed E-state index contributed by atoms with van der Waals surface area (Å²) in [6, 6.07) is 0.600. The maximum atomic E-state index is 4.76. The number of aryl methyl sites for hydroxylation is 2. The van der Waals surface area contributed by atoms with Crippen molar-refractivity contribution in [3.63, 3.8) is 0 Å². The molecule has 1 fully saturated rings. The van der Waals surface area contributed by atoms with Crippen LogP contribution in [0, 0.1) is 25.7 Å². The van der Waals surface area contributed by atoms with E-state index in [1.807, 2.05) is 11.3 Å². The monoisotopic (exact) mass is 294 g/mol. The van der Waals surface area contributed by atoms with E-state index >= 15 is 0 Å². The molecule has 2 rings (SSSR count). The molecule has 20 heavy (non-hydrogen) atoms. The van der Waals surface area contributed by atoms with Gasteiger partial charge >= 0.3 is 0 Å². The van der Waals surface area contributed by atoms with E-state index in [4.69, 9.17) is 4.98 Å². The smallest absolute Gasteiger partial charge is 0.0933 e. The predicted molar refractivity (Wildman–Crippen MR) is 88.5 cm³/mol. The lowest BCUT2D eigenvalue weighted by molar-refractivity contribution is 0.291. The Morgan fingerprint density at radius 3 is 2.45 bits per heavy atom. The number of aromatic nitrogens is 1. The van der Waals surface area contributed by atoms with Crippen molar-refractivity contribution >= 4 is 11.3 Å². The fraction of sp³-hybridized carbons (Fsp3) is 0.824. The van der Waals surface area contributed by atoms with Crippen LogP contribution < -0.4 is 5.32 Å². The first-order chi connectivity index (χ1) is 9.56. The quantitative estimate of drug-likeness (QED) is 0.809. The largest absolute Gasteiger partial charge is 0.314 e. The van der Waals surface area contributed by atoms with Crippen LogP contribution in [-0.2, 0) is 6.42 Å². The fourth-order valence-corrected chi connectivity index (χ4v) is 4.26. The van der Waals surface area contributed by atoms with Crippen molar-refractivity contribution in [1.29, 1.82) is 0 Å². The Morgan fingerprint density at radius 2 is 1.85 bits per heavy atom. The van der Waals surface area contributed by atoms with Crippen LogP contribution in [0.25, 0.3) is 0 Å². The topological polar surface area (TPSA) is 24.9 Å². The van der Waals surface area contributed by atoms with Crippen molar-refractivity contribution in [2.45, 2.75) is 72.3 Å². The van der Waals surface area contributed by atoms with E-state index < -0.39 is 0 Å². The van der Waals surface area contributed by atoms with Crippen LogP contribution in [0.1, 0.15) is 61.5 Å². The molecular formula is C17H30N2S. The molecule has 0 amide bonds. The highest BCUT2D eigenvalue weighted by atomic mass is 32.1. The average molecular weight is 295 g/mol. The van der Waals surface area contributed by atoms with Crippen LogP contribution in [0.5, 0.6) is 0 Å². The van der Waals surface area contributed by atoms with Crippen LogP contribution in [0.3, 0.4) is 0 Å². The molecule has 2 atom stereocenters. The van der Waals surface area contributed by atoms with Crippen LogP contribution >= 0.6 is 11.3 Å². The number of hydrogen-bond acceptors (Lipinski definition) is 3. The van der Waals surface area contributed by atoms with Crippen molar-refractivity contribution < 1.29 is 0 Å². The van der Waals surface area contributed by atoms with Crippen molar-refractivity contribution in [3.8, 4) is 0 Å². The molecule has 2 unspecified atom stereocenters. The lowest BCUT2D eigenvalue weighted by Gasteiger charge is -2.25. The number of nitrogens with one attached hydrogen (secondary N) is 1. The Bertz CT molecular complexity index is 392. The highest BCUT2D eigenvalue weighted by Crippen LogP contribution is 2.32. The normalized spacial score (nSPS) is 24.1. The number of nitrogens with zero attached hydrogens (tertiary/aromatic N) is 1. The van der Waals surface area contributed by atoms with Crippen molar-refractivity contribution in [2.24, 2.45) is 11.8 Å². The molecule has 1 heterocycles. The van der Waals surface area contributed by atoms with E-state index in [1.54, 1.807) is 0 Å². The first-order valence-corrected chi connectivity index (χ1v) is 9.04. The van der Waals surface area contributed by atoms with E-state index in [-0.39, 0.29) is 0 Å². The lowest BCUT2D eigenvalue weighted by Crippen LogP contribution is -2.33. The van der Waals surface area contributed by atoms with Gasteiger partial charge in [0.2, 0.25) is 0 Å². The molecule has 2 nitrogen and oxygen atoms in total. The van der Waals surface area contributed by atoms with Gasteiger partial charge in [-0.2, -0.15) is 0 Å². The summed E-state index contributed by atoms with van der Waals surface area (Å²) in [5.41, 5.74) is 1.23. The second kappa shape index (κ2) is 7.56. The highest BCUT2D eigenvalue weighted by molar-refractivity contribution is 7.11. The van der Waals surface area contributed by atoms with Gasteiger partial charge in [0, 0.05) is 17.3 Å². The Kier molecular flexibility index (Phi) is 6.03. The second-order valence-corrected chi connectivity index (χ2v) is 7.96. The Morgan fingerprint density at radius 1 is 1.15 bits per heavy atom. The molecule has 1 aliphatic carbocycles. The summed E-state index contributed by atoms with van der Waals surface area (Å²) in [6.45, 7) is 10.0. The molecule has 0 radical (unpaired) electrons. The molecule has 1 aliphatic rings. The van der Waals surface area contributed by atoms with Gasteiger partial charge in [0.15, 0.2) is 0 Å². The zero-order valence-electron chi connectivity index (χ0n) is 13.5. The van der Waals surface area contributed by atoms with Crippen LogP contribution in [0.15, 0.2) is 0 Å². The summed E-state index contributed by atoms with van der Waals surface area (Å²) in [5, 5.41) is 5.02. The van der Waals surface area contributed by atoms with Crippen molar-refractivity contribution in [2.75, 3.05) is 6.54 Å². The van der Waals surface area contributed by atoms with Crippen molar-refractivity contribution in [3.05, 3.63) is 15.6 Å². The molecule has 0 aromatic carbocycles. The fourth-order valence-electron chi connectivity index (χ4n) is 3.24. The molecule has 1 N–H and O–H groups in total. The Hall–Kier alpha value is -0.410. The van der Waals surface area contributed by atoms with Gasteiger partial charge in [0.25, 0.3) is 0 Å². The number of rotatable bonds is 5. The van der Waals surface area contributed by atoms with Crippen molar-refractivity contribution in [1.82, 2.24) is 10.3 Å². The SMILES string of the molecule is Cc1nc(CC2CCCCCC2CNC(C)C)sc1C. The van der Waals surface area contributed by atoms with E-state index in [0.717, 1.165) is 11.8 Å².